The van der Waals surface area contributed by atoms with Gasteiger partial charge in [-0.05, 0) is 36.4 Å². The Balaban J connectivity index is 1.74. The van der Waals surface area contributed by atoms with Crippen molar-refractivity contribution in [2.24, 2.45) is 0 Å². The van der Waals surface area contributed by atoms with Crippen LogP contribution in [-0.4, -0.2) is 29.2 Å². The van der Waals surface area contributed by atoms with Crippen molar-refractivity contribution in [2.45, 2.75) is 6.61 Å². The van der Waals surface area contributed by atoms with Crippen molar-refractivity contribution in [3.63, 3.8) is 0 Å². The summed E-state index contributed by atoms with van der Waals surface area (Å²) in [5, 5.41) is 2.98. The van der Waals surface area contributed by atoms with E-state index in [9.17, 15) is 22.4 Å². The summed E-state index contributed by atoms with van der Waals surface area (Å²) in [5.41, 5.74) is 0.457. The number of aromatic nitrogens is 2. The van der Waals surface area contributed by atoms with Crippen LogP contribution in [0.4, 0.5) is 23.5 Å². The molecule has 0 unspecified atom stereocenters. The molecule has 0 bridgehead atoms. The Morgan fingerprint density at radius 1 is 1.00 bits per heavy atom. The van der Waals surface area contributed by atoms with E-state index in [4.69, 9.17) is 16.3 Å². The smallest absolute Gasteiger partial charge is 0.387 e. The van der Waals surface area contributed by atoms with E-state index in [0.29, 0.717) is 16.3 Å². The summed E-state index contributed by atoms with van der Waals surface area (Å²) >= 11 is 5.93. The highest BCUT2D eigenvalue weighted by Crippen LogP contribution is 2.30. The molecule has 1 amide bonds. The van der Waals surface area contributed by atoms with Gasteiger partial charge in [0.1, 0.15) is 17.2 Å². The zero-order valence-corrected chi connectivity index (χ0v) is 18.7. The van der Waals surface area contributed by atoms with Gasteiger partial charge in [-0.15, -0.1) is 0 Å². The van der Waals surface area contributed by atoms with Crippen LogP contribution in [0.5, 0.6) is 11.5 Å². The maximum Gasteiger partial charge on any atom is 0.387 e. The quantitative estimate of drug-likeness (QED) is 0.298. The summed E-state index contributed by atoms with van der Waals surface area (Å²) in [7, 11) is 1.27. The van der Waals surface area contributed by atoms with Crippen LogP contribution in [-0.2, 0) is 0 Å². The van der Waals surface area contributed by atoms with Gasteiger partial charge >= 0.3 is 6.61 Å². The normalized spacial score (nSPS) is 10.9. The van der Waals surface area contributed by atoms with Gasteiger partial charge in [0.05, 0.1) is 12.8 Å². The van der Waals surface area contributed by atoms with Crippen molar-refractivity contribution in [1.82, 2.24) is 9.55 Å². The Kier molecular flexibility index (Phi) is 6.92. The number of rotatable bonds is 7. The fraction of sp³-hybridized carbons (Fsp3) is 0.0833. The fourth-order valence-corrected chi connectivity index (χ4v) is 3.38. The molecule has 0 aliphatic rings. The Morgan fingerprint density at radius 2 is 1.63 bits per heavy atom. The van der Waals surface area contributed by atoms with Crippen LogP contribution in [0.25, 0.3) is 16.9 Å². The van der Waals surface area contributed by atoms with E-state index in [1.807, 2.05) is 0 Å². The lowest BCUT2D eigenvalue weighted by atomic mass is 10.2. The van der Waals surface area contributed by atoms with Crippen molar-refractivity contribution in [1.29, 1.82) is 0 Å². The number of carbonyl (C=O) groups is 1. The maximum absolute atomic E-state index is 14.9. The molecule has 0 radical (unpaired) electrons. The highest BCUT2D eigenvalue weighted by atomic mass is 35.5. The fourth-order valence-electron chi connectivity index (χ4n) is 3.25. The monoisotopic (exact) mass is 505 g/mol. The van der Waals surface area contributed by atoms with Crippen molar-refractivity contribution in [3.8, 4) is 28.4 Å². The predicted molar refractivity (Wildman–Crippen MR) is 122 cm³/mol. The zero-order chi connectivity index (χ0) is 25.1. The number of imidazole rings is 1. The van der Waals surface area contributed by atoms with E-state index < -0.39 is 29.8 Å². The summed E-state index contributed by atoms with van der Waals surface area (Å²) in [6.07, 6.45) is 1.35. The molecule has 0 aliphatic heterocycles. The number of carbonyl (C=O) groups excluding carboxylic acids is 1. The molecule has 0 saturated heterocycles. The molecule has 0 aliphatic carbocycles. The Morgan fingerprint density at radius 3 is 2.20 bits per heavy atom. The minimum atomic E-state index is -3.01. The number of benzene rings is 3. The molecular formula is C24H16ClF4N3O3. The standard InChI is InChI=1S/C24H16ClF4N3O3/c1-34-17-10-18(26)21(19(27)11-17)32-12-20(13-2-6-15(25)7-3-13)30-24(32)31-22(33)14-4-8-16(9-5-14)35-23(28)29/h2-12,23H,1H3,(H,30,31,33). The van der Waals surface area contributed by atoms with Crippen molar-refractivity contribution in [2.75, 3.05) is 12.4 Å². The Hall–Kier alpha value is -4.05. The number of methoxy groups -OCH3 is 1. The van der Waals surface area contributed by atoms with Crippen LogP contribution in [0.15, 0.2) is 66.9 Å². The summed E-state index contributed by atoms with van der Waals surface area (Å²) in [4.78, 5) is 17.1. The highest BCUT2D eigenvalue weighted by molar-refractivity contribution is 6.30. The second-order valence-corrected chi connectivity index (χ2v) is 7.56. The third-order valence-electron chi connectivity index (χ3n) is 4.88. The summed E-state index contributed by atoms with van der Waals surface area (Å²) in [6.45, 7) is -3.01. The van der Waals surface area contributed by atoms with Gasteiger partial charge in [0.2, 0.25) is 5.95 Å². The molecule has 0 fully saturated rings. The number of amides is 1. The van der Waals surface area contributed by atoms with Crippen LogP contribution in [0.2, 0.25) is 5.02 Å². The number of hydrogen-bond donors (Lipinski definition) is 1. The Bertz CT molecular complexity index is 1340. The summed E-state index contributed by atoms with van der Waals surface area (Å²) < 4.78 is 64.7. The number of alkyl halides is 2. The van der Waals surface area contributed by atoms with Gasteiger partial charge in [-0.1, -0.05) is 23.7 Å². The molecule has 35 heavy (non-hydrogen) atoms. The van der Waals surface area contributed by atoms with Gasteiger partial charge in [0.15, 0.2) is 11.6 Å². The third-order valence-corrected chi connectivity index (χ3v) is 5.13. The lowest BCUT2D eigenvalue weighted by molar-refractivity contribution is -0.0498. The zero-order valence-electron chi connectivity index (χ0n) is 17.9. The van der Waals surface area contributed by atoms with E-state index in [1.54, 1.807) is 24.3 Å². The van der Waals surface area contributed by atoms with Gasteiger partial charge in [0.25, 0.3) is 5.91 Å². The highest BCUT2D eigenvalue weighted by Gasteiger charge is 2.21. The first-order chi connectivity index (χ1) is 16.7. The molecule has 1 N–H and O–H groups in total. The van der Waals surface area contributed by atoms with Crippen molar-refractivity contribution >= 4 is 23.5 Å². The molecule has 1 aromatic heterocycles. The molecular weight excluding hydrogens is 490 g/mol. The molecule has 0 saturated carbocycles. The van der Waals surface area contributed by atoms with Crippen molar-refractivity contribution < 1.29 is 31.8 Å². The number of halogens is 5. The molecule has 4 aromatic rings. The van der Waals surface area contributed by atoms with Crippen LogP contribution >= 0.6 is 11.6 Å². The molecule has 1 heterocycles. The number of nitrogens with one attached hydrogen (secondary N) is 1. The lowest BCUT2D eigenvalue weighted by Crippen LogP contribution is -2.16. The Labute approximate surface area is 201 Å². The molecule has 3 aromatic carbocycles. The van der Waals surface area contributed by atoms with Crippen LogP contribution in [0.3, 0.4) is 0 Å². The number of anilines is 1. The molecule has 4 rings (SSSR count). The second-order valence-electron chi connectivity index (χ2n) is 7.12. The topological polar surface area (TPSA) is 65.4 Å². The van der Waals surface area contributed by atoms with Gasteiger partial charge in [0, 0.05) is 34.5 Å². The second kappa shape index (κ2) is 10.1. The largest absolute Gasteiger partial charge is 0.497 e. The van der Waals surface area contributed by atoms with E-state index in [0.717, 1.165) is 16.7 Å². The van der Waals surface area contributed by atoms with E-state index >= 15 is 0 Å². The molecule has 0 atom stereocenters. The average Bonchev–Trinajstić information content (AvgIpc) is 3.22. The minimum absolute atomic E-state index is 0.0292. The summed E-state index contributed by atoms with van der Waals surface area (Å²) in [5.74, 6) is -2.95. The van der Waals surface area contributed by atoms with Gasteiger partial charge in [-0.25, -0.2) is 13.8 Å². The number of nitrogens with zero attached hydrogens (tertiary/aromatic N) is 2. The SMILES string of the molecule is COc1cc(F)c(-n2cc(-c3ccc(Cl)cc3)nc2NC(=O)c2ccc(OC(F)F)cc2)c(F)c1. The van der Waals surface area contributed by atoms with Gasteiger partial charge in [-0.3, -0.25) is 14.7 Å². The van der Waals surface area contributed by atoms with Crippen LogP contribution in [0.1, 0.15) is 10.4 Å². The minimum Gasteiger partial charge on any atom is -0.497 e. The van der Waals surface area contributed by atoms with Gasteiger partial charge < -0.3 is 9.47 Å². The number of hydrogen-bond acceptors (Lipinski definition) is 4. The molecule has 0 spiro atoms. The van der Waals surface area contributed by atoms with Crippen LogP contribution in [0, 0.1) is 11.6 Å². The van der Waals surface area contributed by atoms with Crippen LogP contribution < -0.4 is 14.8 Å². The van der Waals surface area contributed by atoms with Crippen molar-refractivity contribution in [3.05, 3.63) is 89.1 Å². The van der Waals surface area contributed by atoms with E-state index in [2.05, 4.69) is 15.0 Å². The lowest BCUT2D eigenvalue weighted by Gasteiger charge is -2.12. The first-order valence-corrected chi connectivity index (χ1v) is 10.4. The number of ether oxygens (including phenoxy) is 2. The predicted octanol–water partition coefficient (Wildman–Crippen LogP) is 6.33. The molecule has 11 heteroatoms. The van der Waals surface area contributed by atoms with Gasteiger partial charge in [-0.2, -0.15) is 8.78 Å². The van der Waals surface area contributed by atoms with E-state index in [1.165, 1.54) is 37.6 Å². The summed E-state index contributed by atoms with van der Waals surface area (Å²) in [6, 6.07) is 13.4. The first kappa shape index (κ1) is 24.1. The molecule has 180 valence electrons. The first-order valence-electron chi connectivity index (χ1n) is 10.00. The average molecular weight is 506 g/mol. The van der Waals surface area contributed by atoms with E-state index in [-0.39, 0.29) is 23.0 Å². The molecule has 6 nitrogen and oxygen atoms in total. The maximum atomic E-state index is 14.9. The third kappa shape index (κ3) is 5.38.